The van der Waals surface area contributed by atoms with Crippen LogP contribution in [0.2, 0.25) is 0 Å². The normalized spacial score (nSPS) is 33.8. The average Bonchev–Trinajstić information content (AvgIpc) is 2.95. The predicted molar refractivity (Wildman–Crippen MR) is 90.6 cm³/mol. The lowest BCUT2D eigenvalue weighted by Crippen LogP contribution is -2.25. The van der Waals surface area contributed by atoms with E-state index in [9.17, 15) is 4.79 Å². The number of hydrogen-bond acceptors (Lipinski definition) is 6. The molecule has 142 valence electrons. The van der Waals surface area contributed by atoms with Crippen molar-refractivity contribution in [2.24, 2.45) is 0 Å². The third kappa shape index (κ3) is 6.41. The molecular weight excluding hydrogens is 312 g/mol. The molecule has 0 bridgehead atoms. The first-order chi connectivity index (χ1) is 11.2. The number of ether oxygens (including phenoxy) is 4. The molecule has 24 heavy (non-hydrogen) atoms. The van der Waals surface area contributed by atoms with Gasteiger partial charge in [0.1, 0.15) is 12.2 Å². The van der Waals surface area contributed by atoms with Gasteiger partial charge in [0.15, 0.2) is 17.9 Å². The van der Waals surface area contributed by atoms with Gasteiger partial charge >= 0.3 is 0 Å². The Balaban J connectivity index is 0.000000240. The number of aliphatic hydroxyl groups excluding tert-OH is 1. The second-order valence-electron chi connectivity index (χ2n) is 7.25. The summed E-state index contributed by atoms with van der Waals surface area (Å²) in [5.41, 5.74) is 0. The molecule has 0 aromatic heterocycles. The van der Waals surface area contributed by atoms with Gasteiger partial charge in [0.25, 0.3) is 0 Å². The third-order valence-electron chi connectivity index (χ3n) is 3.97. The van der Waals surface area contributed by atoms with Crippen LogP contribution in [-0.2, 0) is 23.7 Å². The van der Waals surface area contributed by atoms with Crippen molar-refractivity contribution in [2.75, 3.05) is 6.61 Å². The molecule has 2 saturated heterocycles. The number of carbonyl (C=O) groups excluding carboxylic acids is 1. The van der Waals surface area contributed by atoms with Crippen LogP contribution in [0.1, 0.15) is 67.2 Å². The van der Waals surface area contributed by atoms with Gasteiger partial charge in [-0.1, -0.05) is 26.7 Å². The van der Waals surface area contributed by atoms with Crippen molar-refractivity contribution < 1.29 is 28.8 Å². The zero-order valence-electron chi connectivity index (χ0n) is 15.9. The summed E-state index contributed by atoms with van der Waals surface area (Å²) in [5, 5.41) is 8.99. The topological polar surface area (TPSA) is 74.2 Å². The number of rotatable bonds is 6. The van der Waals surface area contributed by atoms with Gasteiger partial charge in [-0.25, -0.2) is 0 Å². The fraction of sp³-hybridized carbons (Fsp3) is 0.944. The summed E-state index contributed by atoms with van der Waals surface area (Å²) in [6.45, 7) is 11.6. The van der Waals surface area contributed by atoms with E-state index in [0.717, 1.165) is 32.0 Å². The van der Waals surface area contributed by atoms with Crippen LogP contribution in [0.3, 0.4) is 0 Å². The highest BCUT2D eigenvalue weighted by atomic mass is 16.8. The molecule has 2 aliphatic heterocycles. The van der Waals surface area contributed by atoms with Crippen LogP contribution in [0, 0.1) is 0 Å². The second kappa shape index (κ2) is 9.25. The lowest BCUT2D eigenvalue weighted by Gasteiger charge is -2.16. The molecule has 2 heterocycles. The number of carbonyl (C=O) groups is 1. The molecular formula is C18H34O6. The maximum absolute atomic E-state index is 10.6. The molecule has 6 heteroatoms. The maximum atomic E-state index is 10.6. The van der Waals surface area contributed by atoms with E-state index in [1.165, 1.54) is 0 Å². The van der Waals surface area contributed by atoms with E-state index in [1.807, 2.05) is 27.7 Å². The fourth-order valence-electron chi connectivity index (χ4n) is 3.08. The highest BCUT2D eigenvalue weighted by Crippen LogP contribution is 2.30. The molecule has 0 radical (unpaired) electrons. The molecule has 0 aliphatic carbocycles. The first-order valence-corrected chi connectivity index (χ1v) is 8.95. The van der Waals surface area contributed by atoms with Gasteiger partial charge in [-0.2, -0.15) is 0 Å². The molecule has 0 amide bonds. The minimum atomic E-state index is -0.592. The number of hydrogen-bond donors (Lipinski definition) is 1. The van der Waals surface area contributed by atoms with Crippen LogP contribution < -0.4 is 0 Å². The summed E-state index contributed by atoms with van der Waals surface area (Å²) in [4.78, 5) is 10.6. The van der Waals surface area contributed by atoms with Crippen molar-refractivity contribution >= 4 is 6.29 Å². The summed E-state index contributed by atoms with van der Waals surface area (Å²) in [5.74, 6) is -1.11. The summed E-state index contributed by atoms with van der Waals surface area (Å²) in [6, 6.07) is 0. The minimum Gasteiger partial charge on any atom is -0.394 e. The zero-order chi connectivity index (χ0) is 18.4. The van der Waals surface area contributed by atoms with Gasteiger partial charge in [0.2, 0.25) is 0 Å². The van der Waals surface area contributed by atoms with E-state index in [1.54, 1.807) is 0 Å². The Bertz CT molecular complexity index is 382. The van der Waals surface area contributed by atoms with E-state index in [2.05, 4.69) is 13.8 Å². The van der Waals surface area contributed by atoms with Crippen molar-refractivity contribution in [2.45, 2.75) is 103 Å². The average molecular weight is 346 g/mol. The Labute approximate surface area is 145 Å². The van der Waals surface area contributed by atoms with Gasteiger partial charge in [-0.15, -0.1) is 0 Å². The van der Waals surface area contributed by atoms with Gasteiger partial charge in [0, 0.05) is 0 Å². The van der Waals surface area contributed by atoms with E-state index in [-0.39, 0.29) is 31.0 Å². The van der Waals surface area contributed by atoms with Crippen molar-refractivity contribution in [3.05, 3.63) is 0 Å². The number of aliphatic hydroxyl groups is 1. The van der Waals surface area contributed by atoms with Crippen LogP contribution in [0.25, 0.3) is 0 Å². The fourth-order valence-corrected chi connectivity index (χ4v) is 3.08. The molecule has 0 saturated carbocycles. The van der Waals surface area contributed by atoms with Gasteiger partial charge in [0.05, 0.1) is 18.8 Å². The zero-order valence-corrected chi connectivity index (χ0v) is 15.9. The van der Waals surface area contributed by atoms with Gasteiger partial charge < -0.3 is 28.8 Å². The van der Waals surface area contributed by atoms with Crippen LogP contribution in [-0.4, -0.2) is 54.0 Å². The Kier molecular flexibility index (Phi) is 8.29. The van der Waals surface area contributed by atoms with Crippen LogP contribution in [0.4, 0.5) is 0 Å². The largest absolute Gasteiger partial charge is 0.394 e. The molecule has 1 N–H and O–H groups in total. The smallest absolute Gasteiger partial charge is 0.164 e. The molecule has 2 rings (SSSR count). The maximum Gasteiger partial charge on any atom is 0.164 e. The Morgan fingerprint density at radius 1 is 0.833 bits per heavy atom. The Morgan fingerprint density at radius 3 is 1.79 bits per heavy atom. The summed E-state index contributed by atoms with van der Waals surface area (Å²) >= 11 is 0. The van der Waals surface area contributed by atoms with Gasteiger partial charge in [-0.05, 0) is 40.5 Å². The van der Waals surface area contributed by atoms with E-state index in [0.29, 0.717) is 0 Å². The highest BCUT2D eigenvalue weighted by molar-refractivity contribution is 5.57. The first kappa shape index (κ1) is 21.5. The van der Waals surface area contributed by atoms with Crippen LogP contribution >= 0.6 is 0 Å². The van der Waals surface area contributed by atoms with Gasteiger partial charge in [-0.3, -0.25) is 0 Å². The first-order valence-electron chi connectivity index (χ1n) is 8.95. The lowest BCUT2D eigenvalue weighted by molar-refractivity contribution is -0.150. The molecule has 0 spiro atoms. The Morgan fingerprint density at radius 2 is 1.29 bits per heavy atom. The molecule has 0 unspecified atom stereocenters. The van der Waals surface area contributed by atoms with Crippen molar-refractivity contribution in [1.29, 1.82) is 0 Å². The third-order valence-corrected chi connectivity index (χ3v) is 3.97. The summed E-state index contributed by atoms with van der Waals surface area (Å²) < 4.78 is 22.0. The van der Waals surface area contributed by atoms with Crippen molar-refractivity contribution in [3.8, 4) is 0 Å². The minimum absolute atomic E-state index is 0.0497. The number of aldehydes is 1. The summed E-state index contributed by atoms with van der Waals surface area (Å²) in [7, 11) is 0. The van der Waals surface area contributed by atoms with Crippen molar-refractivity contribution in [1.82, 2.24) is 0 Å². The SMILES string of the molecule is CCC[C@@H]1OC(C)(C)O[C@@H]1C=O.CCC[C@@H]1OC(C)(C)O[C@@H]1CO. The van der Waals surface area contributed by atoms with E-state index >= 15 is 0 Å². The quantitative estimate of drug-likeness (QED) is 0.746. The lowest BCUT2D eigenvalue weighted by atomic mass is 10.1. The molecule has 0 aromatic carbocycles. The summed E-state index contributed by atoms with van der Waals surface area (Å²) in [6.07, 6.45) is 4.23. The molecule has 2 fully saturated rings. The second-order valence-corrected chi connectivity index (χ2v) is 7.25. The predicted octanol–water partition coefficient (Wildman–Crippen LogP) is 2.80. The molecule has 0 aromatic rings. The highest BCUT2D eigenvalue weighted by Gasteiger charge is 2.41. The Hall–Kier alpha value is -0.530. The standard InChI is InChI=1S/C9H18O3.C9H16O3/c2*1-4-5-7-8(6-10)12-9(2,3)11-7/h7-8,10H,4-6H2,1-3H3;6-8H,4-5H2,1-3H3/t2*7-,8+/m00/s1. The molecule has 2 aliphatic rings. The van der Waals surface area contributed by atoms with Crippen LogP contribution in [0.15, 0.2) is 0 Å². The van der Waals surface area contributed by atoms with Crippen LogP contribution in [0.5, 0.6) is 0 Å². The van der Waals surface area contributed by atoms with E-state index < -0.39 is 11.6 Å². The molecule has 6 nitrogen and oxygen atoms in total. The molecule has 4 atom stereocenters. The van der Waals surface area contributed by atoms with Crippen molar-refractivity contribution in [3.63, 3.8) is 0 Å². The van der Waals surface area contributed by atoms with E-state index in [4.69, 9.17) is 24.1 Å². The monoisotopic (exact) mass is 346 g/mol.